The number of furan rings is 1. The molecular weight excluding hydrogens is 422 g/mol. The first-order valence-electron chi connectivity index (χ1n) is 11.6. The molecule has 0 radical (unpaired) electrons. The highest BCUT2D eigenvalue weighted by Gasteiger charge is 2.19. The molecule has 3 aromatic carbocycles. The molecule has 0 saturated heterocycles. The van der Waals surface area contributed by atoms with Crippen molar-refractivity contribution in [3.8, 4) is 16.9 Å². The summed E-state index contributed by atoms with van der Waals surface area (Å²) in [7, 11) is 1.65. The van der Waals surface area contributed by atoms with Crippen LogP contribution in [0.15, 0.2) is 83.5 Å². The fourth-order valence-electron chi connectivity index (χ4n) is 4.37. The Hall–Kier alpha value is -3.79. The number of allylic oxidation sites excluding steroid dienone is 1. The van der Waals surface area contributed by atoms with E-state index in [-0.39, 0.29) is 11.9 Å². The van der Waals surface area contributed by atoms with E-state index in [1.165, 1.54) is 5.56 Å². The number of rotatable bonds is 8. The zero-order valence-electron chi connectivity index (χ0n) is 20.2. The van der Waals surface area contributed by atoms with Gasteiger partial charge in [0.05, 0.1) is 13.4 Å². The highest BCUT2D eigenvalue weighted by Crippen LogP contribution is 2.40. The molecule has 0 aliphatic rings. The molecule has 0 aliphatic heterocycles. The number of benzene rings is 3. The number of methoxy groups -OCH3 is 1. The lowest BCUT2D eigenvalue weighted by atomic mass is 9.96. The predicted octanol–water partition coefficient (Wildman–Crippen LogP) is 6.96. The summed E-state index contributed by atoms with van der Waals surface area (Å²) in [6.07, 6.45) is 5.25. The summed E-state index contributed by atoms with van der Waals surface area (Å²) in [6.45, 7) is 5.97. The van der Waals surface area contributed by atoms with Gasteiger partial charge in [-0.1, -0.05) is 60.7 Å². The summed E-state index contributed by atoms with van der Waals surface area (Å²) in [5.74, 6) is 0.619. The van der Waals surface area contributed by atoms with Gasteiger partial charge in [-0.15, -0.1) is 0 Å². The number of ether oxygens (including phenoxy) is 1. The van der Waals surface area contributed by atoms with E-state index in [0.29, 0.717) is 0 Å². The number of hydrogen-bond acceptors (Lipinski definition) is 3. The maximum Gasteiger partial charge on any atom is 0.244 e. The second-order valence-corrected chi connectivity index (χ2v) is 8.74. The SMILES string of the molecule is COc1c(/C(C)=C/C(=O)NC(C)CCc2ccccc2)cc2c(-c3ccccc3)coc2c1C. The van der Waals surface area contributed by atoms with Gasteiger partial charge >= 0.3 is 0 Å². The molecule has 0 aliphatic carbocycles. The van der Waals surface area contributed by atoms with Crippen molar-refractivity contribution in [2.75, 3.05) is 7.11 Å². The maximum absolute atomic E-state index is 12.8. The average Bonchev–Trinajstić information content (AvgIpc) is 3.28. The molecule has 1 N–H and O–H groups in total. The first-order valence-corrected chi connectivity index (χ1v) is 11.6. The van der Waals surface area contributed by atoms with Crippen LogP contribution in [0.25, 0.3) is 27.7 Å². The van der Waals surface area contributed by atoms with Crippen molar-refractivity contribution in [2.45, 2.75) is 39.7 Å². The summed E-state index contributed by atoms with van der Waals surface area (Å²) in [5.41, 5.74) is 6.83. The van der Waals surface area contributed by atoms with Crippen LogP contribution in [0.1, 0.15) is 37.0 Å². The molecule has 4 aromatic rings. The fourth-order valence-corrected chi connectivity index (χ4v) is 4.37. The standard InChI is InChI=1S/C30H31NO3/c1-20(17-28(32)31-21(2)15-16-23-11-7-5-8-12-23)25-18-26-27(24-13-9-6-10-14-24)19-34-30(26)22(3)29(25)33-4/h5-14,17-19,21H,15-16H2,1-4H3,(H,31,32)/b20-17+. The first-order chi connectivity index (χ1) is 16.5. The smallest absolute Gasteiger partial charge is 0.244 e. The van der Waals surface area contributed by atoms with Crippen LogP contribution in [0.2, 0.25) is 0 Å². The molecule has 0 fully saturated rings. The number of aryl methyl sites for hydroxylation is 2. The highest BCUT2D eigenvalue weighted by molar-refractivity contribution is 6.01. The van der Waals surface area contributed by atoms with Gasteiger partial charge in [0.25, 0.3) is 0 Å². The van der Waals surface area contributed by atoms with Gasteiger partial charge in [-0.2, -0.15) is 0 Å². The van der Waals surface area contributed by atoms with Gasteiger partial charge < -0.3 is 14.5 Å². The van der Waals surface area contributed by atoms with Crippen LogP contribution in [0.5, 0.6) is 5.75 Å². The fraction of sp³-hybridized carbons (Fsp3) is 0.233. The Morgan fingerprint density at radius 3 is 2.44 bits per heavy atom. The Kier molecular flexibility index (Phi) is 7.17. The molecule has 4 heteroatoms. The molecule has 1 heterocycles. The van der Waals surface area contributed by atoms with Crippen LogP contribution < -0.4 is 10.1 Å². The molecule has 0 saturated carbocycles. The van der Waals surface area contributed by atoms with Gasteiger partial charge in [-0.25, -0.2) is 0 Å². The van der Waals surface area contributed by atoms with E-state index in [1.807, 2.05) is 57.2 Å². The Balaban J connectivity index is 1.58. The number of nitrogens with one attached hydrogen (secondary N) is 1. The molecule has 4 rings (SSSR count). The monoisotopic (exact) mass is 453 g/mol. The largest absolute Gasteiger partial charge is 0.496 e. The molecule has 4 nitrogen and oxygen atoms in total. The normalized spacial score (nSPS) is 12.5. The number of amides is 1. The molecule has 174 valence electrons. The van der Waals surface area contributed by atoms with Crippen molar-refractivity contribution < 1.29 is 13.9 Å². The Morgan fingerprint density at radius 1 is 1.09 bits per heavy atom. The number of hydrogen-bond donors (Lipinski definition) is 1. The number of fused-ring (bicyclic) bond motifs is 1. The molecule has 0 spiro atoms. The third-order valence-corrected chi connectivity index (χ3v) is 6.20. The van der Waals surface area contributed by atoms with E-state index in [0.717, 1.165) is 57.4 Å². The second kappa shape index (κ2) is 10.4. The molecule has 0 bridgehead atoms. The van der Waals surface area contributed by atoms with E-state index in [1.54, 1.807) is 19.4 Å². The number of carbonyl (C=O) groups excluding carboxylic acids is 1. The molecule has 34 heavy (non-hydrogen) atoms. The minimum atomic E-state index is -0.103. The van der Waals surface area contributed by atoms with Crippen molar-refractivity contribution in [2.24, 2.45) is 0 Å². The lowest BCUT2D eigenvalue weighted by Gasteiger charge is -2.15. The zero-order valence-corrected chi connectivity index (χ0v) is 20.2. The summed E-state index contributed by atoms with van der Waals surface area (Å²) in [6, 6.07) is 22.6. The summed E-state index contributed by atoms with van der Waals surface area (Å²) in [5, 5.41) is 4.10. The third kappa shape index (κ3) is 5.07. The van der Waals surface area contributed by atoms with E-state index in [4.69, 9.17) is 9.15 Å². The minimum Gasteiger partial charge on any atom is -0.496 e. The molecule has 1 aromatic heterocycles. The van der Waals surface area contributed by atoms with Crippen LogP contribution in [0.3, 0.4) is 0 Å². The first kappa shape index (κ1) is 23.4. The molecule has 1 atom stereocenters. The van der Waals surface area contributed by atoms with Crippen LogP contribution >= 0.6 is 0 Å². The van der Waals surface area contributed by atoms with Crippen LogP contribution in [-0.4, -0.2) is 19.1 Å². The van der Waals surface area contributed by atoms with Gasteiger partial charge in [0.2, 0.25) is 5.91 Å². The molecule has 1 amide bonds. The molecule has 1 unspecified atom stereocenters. The third-order valence-electron chi connectivity index (χ3n) is 6.20. The van der Waals surface area contributed by atoms with Crippen molar-refractivity contribution in [1.29, 1.82) is 0 Å². The lowest BCUT2D eigenvalue weighted by molar-refractivity contribution is -0.117. The zero-order chi connectivity index (χ0) is 24.1. The Bertz CT molecular complexity index is 1300. The molecular formula is C30H31NO3. The van der Waals surface area contributed by atoms with Crippen LogP contribution in [0.4, 0.5) is 0 Å². The summed E-state index contributed by atoms with van der Waals surface area (Å²) in [4.78, 5) is 12.8. The van der Waals surface area contributed by atoms with Crippen LogP contribution in [0, 0.1) is 6.92 Å². The summed E-state index contributed by atoms with van der Waals surface area (Å²) < 4.78 is 11.7. The lowest BCUT2D eigenvalue weighted by Crippen LogP contribution is -2.31. The van der Waals surface area contributed by atoms with E-state index in [2.05, 4.69) is 35.6 Å². The maximum atomic E-state index is 12.8. The summed E-state index contributed by atoms with van der Waals surface area (Å²) >= 11 is 0. The van der Waals surface area contributed by atoms with Gasteiger partial charge in [0, 0.05) is 34.2 Å². The van der Waals surface area contributed by atoms with E-state index in [9.17, 15) is 4.79 Å². The average molecular weight is 454 g/mol. The van der Waals surface area contributed by atoms with E-state index < -0.39 is 0 Å². The van der Waals surface area contributed by atoms with Gasteiger partial charge in [-0.3, -0.25) is 4.79 Å². The second-order valence-electron chi connectivity index (χ2n) is 8.74. The topological polar surface area (TPSA) is 51.5 Å². The number of carbonyl (C=O) groups is 1. The predicted molar refractivity (Wildman–Crippen MR) is 139 cm³/mol. The van der Waals surface area contributed by atoms with Crippen molar-refractivity contribution in [3.63, 3.8) is 0 Å². The van der Waals surface area contributed by atoms with Crippen molar-refractivity contribution in [3.05, 3.63) is 95.8 Å². The van der Waals surface area contributed by atoms with Crippen molar-refractivity contribution in [1.82, 2.24) is 5.32 Å². The van der Waals surface area contributed by atoms with Crippen LogP contribution in [-0.2, 0) is 11.2 Å². The van der Waals surface area contributed by atoms with Crippen molar-refractivity contribution >= 4 is 22.4 Å². The minimum absolute atomic E-state index is 0.0708. The highest BCUT2D eigenvalue weighted by atomic mass is 16.5. The van der Waals surface area contributed by atoms with E-state index >= 15 is 0 Å². The van der Waals surface area contributed by atoms with Gasteiger partial charge in [0.15, 0.2) is 0 Å². The Morgan fingerprint density at radius 2 is 1.76 bits per heavy atom. The quantitative estimate of drug-likeness (QED) is 0.294. The van der Waals surface area contributed by atoms with Gasteiger partial charge in [0.1, 0.15) is 11.3 Å². The Labute approximate surface area is 201 Å². The van der Waals surface area contributed by atoms with Gasteiger partial charge in [-0.05, 0) is 56.4 Å².